The van der Waals surface area contributed by atoms with Gasteiger partial charge >= 0.3 is 0 Å². The van der Waals surface area contributed by atoms with Gasteiger partial charge in [-0.3, -0.25) is 4.21 Å². The highest BCUT2D eigenvalue weighted by atomic mass is 32.2. The number of benzene rings is 1. The van der Waals surface area contributed by atoms with Crippen molar-refractivity contribution in [3.8, 4) is 0 Å². The zero-order chi connectivity index (χ0) is 12.0. The van der Waals surface area contributed by atoms with Gasteiger partial charge in [0.2, 0.25) is 0 Å². The summed E-state index contributed by atoms with van der Waals surface area (Å²) in [5.74, 6) is 0. The van der Waals surface area contributed by atoms with Crippen LogP contribution in [-0.2, 0) is 17.3 Å². The summed E-state index contributed by atoms with van der Waals surface area (Å²) in [5, 5.41) is 8.72. The minimum atomic E-state index is -0.901. The van der Waals surface area contributed by atoms with Crippen molar-refractivity contribution in [2.45, 2.75) is 17.9 Å². The molecule has 0 bridgehead atoms. The summed E-state index contributed by atoms with van der Waals surface area (Å²) in [4.78, 5) is 3.02. The van der Waals surface area contributed by atoms with Crippen molar-refractivity contribution < 1.29 is 9.32 Å². The molecular weight excluding hydrogens is 222 g/mol. The van der Waals surface area contributed by atoms with Gasteiger partial charge in [-0.2, -0.15) is 0 Å². The summed E-state index contributed by atoms with van der Waals surface area (Å²) in [6.45, 7) is 1.98. The van der Waals surface area contributed by atoms with Gasteiger partial charge in [0.15, 0.2) is 0 Å². The standard InChI is InChI=1S/C12H19NO2S/c1-13(8-3-9-14)10-11-4-6-12(7-5-11)16(2)15/h4-7,14H,3,8-10H2,1-2H3. The van der Waals surface area contributed by atoms with Crippen LogP contribution in [0.2, 0.25) is 0 Å². The van der Waals surface area contributed by atoms with Gasteiger partial charge in [-0.15, -0.1) is 0 Å². The topological polar surface area (TPSA) is 40.5 Å². The van der Waals surface area contributed by atoms with Gasteiger partial charge in [0, 0.05) is 41.6 Å². The first kappa shape index (κ1) is 13.4. The molecule has 0 aliphatic rings. The van der Waals surface area contributed by atoms with Crippen LogP contribution in [0.1, 0.15) is 12.0 Å². The quantitative estimate of drug-likeness (QED) is 0.814. The van der Waals surface area contributed by atoms with E-state index in [2.05, 4.69) is 4.90 Å². The number of nitrogens with zero attached hydrogens (tertiary/aromatic N) is 1. The molecular formula is C12H19NO2S. The van der Waals surface area contributed by atoms with Crippen molar-refractivity contribution in [2.24, 2.45) is 0 Å². The Kier molecular flexibility index (Phi) is 5.66. The van der Waals surface area contributed by atoms with Gasteiger partial charge < -0.3 is 10.0 Å². The first-order valence-electron chi connectivity index (χ1n) is 5.35. The number of aliphatic hydroxyl groups excluding tert-OH is 1. The third-order valence-electron chi connectivity index (χ3n) is 2.41. The lowest BCUT2D eigenvalue weighted by Crippen LogP contribution is -2.19. The van der Waals surface area contributed by atoms with E-state index in [0.29, 0.717) is 0 Å². The molecule has 0 fully saturated rings. The van der Waals surface area contributed by atoms with Crippen LogP contribution in [0.3, 0.4) is 0 Å². The Bertz CT molecular complexity index is 337. The van der Waals surface area contributed by atoms with Crippen molar-refractivity contribution in [1.82, 2.24) is 4.90 Å². The number of hydrogen-bond acceptors (Lipinski definition) is 3. The van der Waals surface area contributed by atoms with Gasteiger partial charge in [-0.1, -0.05) is 12.1 Å². The average Bonchev–Trinajstić information content (AvgIpc) is 2.27. The fourth-order valence-electron chi connectivity index (χ4n) is 1.52. The Labute approximate surface area is 99.5 Å². The van der Waals surface area contributed by atoms with Crippen LogP contribution in [0.15, 0.2) is 29.2 Å². The van der Waals surface area contributed by atoms with Crippen LogP contribution in [-0.4, -0.2) is 40.7 Å². The lowest BCUT2D eigenvalue weighted by molar-refractivity contribution is 0.244. The maximum Gasteiger partial charge on any atom is 0.0498 e. The first-order chi connectivity index (χ1) is 7.63. The van der Waals surface area contributed by atoms with E-state index in [1.165, 1.54) is 5.56 Å². The highest BCUT2D eigenvalue weighted by Crippen LogP contribution is 2.09. The number of rotatable bonds is 6. The molecule has 0 radical (unpaired) electrons. The molecule has 1 aromatic rings. The minimum Gasteiger partial charge on any atom is -0.396 e. The number of aliphatic hydroxyl groups is 1. The van der Waals surface area contributed by atoms with E-state index in [1.54, 1.807) is 6.26 Å². The van der Waals surface area contributed by atoms with Gasteiger partial charge in [-0.25, -0.2) is 0 Å². The Hall–Kier alpha value is -0.710. The SMILES string of the molecule is CN(CCCO)Cc1ccc(S(C)=O)cc1. The second-order valence-corrected chi connectivity index (χ2v) is 5.29. The second-order valence-electron chi connectivity index (χ2n) is 3.91. The van der Waals surface area contributed by atoms with Crippen molar-refractivity contribution >= 4 is 10.8 Å². The number of hydrogen-bond donors (Lipinski definition) is 1. The molecule has 1 atom stereocenters. The average molecular weight is 241 g/mol. The molecule has 16 heavy (non-hydrogen) atoms. The van der Waals surface area contributed by atoms with E-state index in [1.807, 2.05) is 31.3 Å². The minimum absolute atomic E-state index is 0.234. The van der Waals surface area contributed by atoms with E-state index in [9.17, 15) is 4.21 Å². The van der Waals surface area contributed by atoms with Gasteiger partial charge in [0.25, 0.3) is 0 Å². The van der Waals surface area contributed by atoms with Gasteiger partial charge in [0.1, 0.15) is 0 Å². The van der Waals surface area contributed by atoms with E-state index in [4.69, 9.17) is 5.11 Å². The lowest BCUT2D eigenvalue weighted by atomic mass is 10.2. The molecule has 0 saturated carbocycles. The molecule has 1 unspecified atom stereocenters. The predicted molar refractivity (Wildman–Crippen MR) is 66.8 cm³/mol. The predicted octanol–water partition coefficient (Wildman–Crippen LogP) is 1.24. The molecule has 0 saturated heterocycles. The summed E-state index contributed by atoms with van der Waals surface area (Å²) in [7, 11) is 1.13. The Balaban J connectivity index is 2.51. The van der Waals surface area contributed by atoms with Crippen LogP contribution >= 0.6 is 0 Å². The van der Waals surface area contributed by atoms with Crippen molar-refractivity contribution in [3.63, 3.8) is 0 Å². The lowest BCUT2D eigenvalue weighted by Gasteiger charge is -2.15. The van der Waals surface area contributed by atoms with Crippen LogP contribution < -0.4 is 0 Å². The summed E-state index contributed by atoms with van der Waals surface area (Å²) >= 11 is 0. The molecule has 1 rings (SSSR count). The summed E-state index contributed by atoms with van der Waals surface area (Å²) in [6.07, 6.45) is 2.48. The Morgan fingerprint density at radius 2 is 1.94 bits per heavy atom. The summed E-state index contributed by atoms with van der Waals surface area (Å²) in [6, 6.07) is 7.83. The normalized spacial score (nSPS) is 13.0. The molecule has 0 aliphatic heterocycles. The molecule has 1 aromatic carbocycles. The molecule has 1 N–H and O–H groups in total. The Morgan fingerprint density at radius 3 is 2.44 bits per heavy atom. The molecule has 0 amide bonds. The van der Waals surface area contributed by atoms with Crippen LogP contribution in [0.25, 0.3) is 0 Å². The molecule has 0 heterocycles. The van der Waals surface area contributed by atoms with E-state index >= 15 is 0 Å². The largest absolute Gasteiger partial charge is 0.396 e. The summed E-state index contributed by atoms with van der Waals surface area (Å²) < 4.78 is 11.2. The second kappa shape index (κ2) is 6.78. The molecule has 4 heteroatoms. The zero-order valence-electron chi connectivity index (χ0n) is 9.85. The highest BCUT2D eigenvalue weighted by molar-refractivity contribution is 7.84. The van der Waals surface area contributed by atoms with E-state index < -0.39 is 10.8 Å². The molecule has 3 nitrogen and oxygen atoms in total. The molecule has 90 valence electrons. The molecule has 0 aliphatic carbocycles. The van der Waals surface area contributed by atoms with E-state index in [-0.39, 0.29) is 6.61 Å². The smallest absolute Gasteiger partial charge is 0.0498 e. The van der Waals surface area contributed by atoms with Crippen molar-refractivity contribution in [2.75, 3.05) is 26.5 Å². The molecule has 0 aromatic heterocycles. The third kappa shape index (κ3) is 4.43. The van der Waals surface area contributed by atoms with Crippen LogP contribution in [0.4, 0.5) is 0 Å². The maximum absolute atomic E-state index is 11.2. The zero-order valence-corrected chi connectivity index (χ0v) is 10.7. The van der Waals surface area contributed by atoms with Gasteiger partial charge in [-0.05, 0) is 31.2 Å². The first-order valence-corrected chi connectivity index (χ1v) is 6.91. The Morgan fingerprint density at radius 1 is 1.31 bits per heavy atom. The van der Waals surface area contributed by atoms with Crippen molar-refractivity contribution in [1.29, 1.82) is 0 Å². The fraction of sp³-hybridized carbons (Fsp3) is 0.500. The highest BCUT2D eigenvalue weighted by Gasteiger charge is 2.01. The fourth-order valence-corrected chi connectivity index (χ4v) is 2.04. The van der Waals surface area contributed by atoms with Crippen LogP contribution in [0.5, 0.6) is 0 Å². The van der Waals surface area contributed by atoms with Gasteiger partial charge in [0.05, 0.1) is 0 Å². The van der Waals surface area contributed by atoms with E-state index in [0.717, 1.165) is 24.4 Å². The third-order valence-corrected chi connectivity index (χ3v) is 3.34. The van der Waals surface area contributed by atoms with Crippen molar-refractivity contribution in [3.05, 3.63) is 29.8 Å². The maximum atomic E-state index is 11.2. The summed E-state index contributed by atoms with van der Waals surface area (Å²) in [5.41, 5.74) is 1.20. The van der Waals surface area contributed by atoms with Crippen LogP contribution in [0, 0.1) is 0 Å². The molecule has 0 spiro atoms. The monoisotopic (exact) mass is 241 g/mol.